The molecule has 0 aromatic heterocycles. The predicted molar refractivity (Wildman–Crippen MR) is 63.1 cm³/mol. The van der Waals surface area contributed by atoms with Gasteiger partial charge in [-0.2, -0.15) is 0 Å². The summed E-state index contributed by atoms with van der Waals surface area (Å²) in [5, 5.41) is 3.47. The van der Waals surface area contributed by atoms with Gasteiger partial charge in [0.2, 0.25) is 0 Å². The molecule has 1 heteroatoms. The van der Waals surface area contributed by atoms with E-state index in [4.69, 9.17) is 0 Å². The van der Waals surface area contributed by atoms with Crippen molar-refractivity contribution in [3.63, 3.8) is 0 Å². The van der Waals surface area contributed by atoms with E-state index in [1.807, 2.05) is 0 Å². The van der Waals surface area contributed by atoms with E-state index < -0.39 is 0 Å². The van der Waals surface area contributed by atoms with Gasteiger partial charge in [-0.1, -0.05) is 24.3 Å². The monoisotopic (exact) mass is 201 g/mol. The SMILES string of the molecule is CNC1(Cc2cccc(C3CC3)c2)CC1. The standard InChI is InChI=1S/C14H19N/c1-15-14(7-8-14)10-11-3-2-4-13(9-11)12-5-6-12/h2-4,9,12,15H,5-8,10H2,1H3. The fourth-order valence-electron chi connectivity index (χ4n) is 2.43. The molecule has 1 aromatic carbocycles. The van der Waals surface area contributed by atoms with Crippen molar-refractivity contribution in [2.75, 3.05) is 7.05 Å². The highest BCUT2D eigenvalue weighted by Crippen LogP contribution is 2.42. The summed E-state index contributed by atoms with van der Waals surface area (Å²) in [4.78, 5) is 0. The van der Waals surface area contributed by atoms with Crippen molar-refractivity contribution < 1.29 is 0 Å². The lowest BCUT2D eigenvalue weighted by Gasteiger charge is -2.14. The van der Waals surface area contributed by atoms with Crippen LogP contribution in [0.5, 0.6) is 0 Å². The highest BCUT2D eigenvalue weighted by Gasteiger charge is 2.40. The summed E-state index contributed by atoms with van der Waals surface area (Å²) in [5.41, 5.74) is 3.54. The van der Waals surface area contributed by atoms with Crippen molar-refractivity contribution in [1.29, 1.82) is 0 Å². The van der Waals surface area contributed by atoms with Gasteiger partial charge in [-0.3, -0.25) is 0 Å². The molecule has 0 atom stereocenters. The van der Waals surface area contributed by atoms with Gasteiger partial charge in [0.15, 0.2) is 0 Å². The van der Waals surface area contributed by atoms with Gasteiger partial charge in [0, 0.05) is 5.54 Å². The smallest absolute Gasteiger partial charge is 0.0220 e. The molecule has 1 aromatic rings. The molecule has 0 amide bonds. The Morgan fingerprint density at radius 1 is 1.33 bits per heavy atom. The molecule has 2 fully saturated rings. The Morgan fingerprint density at radius 2 is 2.13 bits per heavy atom. The third-order valence-electron chi connectivity index (χ3n) is 3.93. The molecule has 0 aliphatic heterocycles. The fraction of sp³-hybridized carbons (Fsp3) is 0.571. The Labute approximate surface area is 91.9 Å². The van der Waals surface area contributed by atoms with Gasteiger partial charge < -0.3 is 5.32 Å². The van der Waals surface area contributed by atoms with Gasteiger partial charge in [-0.05, 0) is 56.2 Å². The minimum Gasteiger partial charge on any atom is -0.314 e. The van der Waals surface area contributed by atoms with E-state index in [9.17, 15) is 0 Å². The van der Waals surface area contributed by atoms with E-state index in [0.717, 1.165) is 5.92 Å². The first-order chi connectivity index (χ1) is 7.31. The third kappa shape index (κ3) is 1.93. The third-order valence-corrected chi connectivity index (χ3v) is 3.93. The number of benzene rings is 1. The van der Waals surface area contributed by atoms with Crippen molar-refractivity contribution in [3.05, 3.63) is 35.4 Å². The van der Waals surface area contributed by atoms with Crippen molar-refractivity contribution >= 4 is 0 Å². The van der Waals surface area contributed by atoms with Gasteiger partial charge in [0.1, 0.15) is 0 Å². The molecule has 0 saturated heterocycles. The van der Waals surface area contributed by atoms with Gasteiger partial charge in [0.05, 0.1) is 0 Å². The van der Waals surface area contributed by atoms with E-state index in [1.54, 1.807) is 5.56 Å². The van der Waals surface area contributed by atoms with Crippen molar-refractivity contribution in [1.82, 2.24) is 5.32 Å². The predicted octanol–water partition coefficient (Wildman–Crippen LogP) is 2.86. The van der Waals surface area contributed by atoms with Crippen LogP contribution in [0, 0.1) is 0 Å². The molecule has 0 heterocycles. The Morgan fingerprint density at radius 3 is 2.73 bits per heavy atom. The molecule has 2 saturated carbocycles. The molecular weight excluding hydrogens is 182 g/mol. The summed E-state index contributed by atoms with van der Waals surface area (Å²) >= 11 is 0. The molecule has 1 N–H and O–H groups in total. The average molecular weight is 201 g/mol. The number of nitrogens with one attached hydrogen (secondary N) is 1. The topological polar surface area (TPSA) is 12.0 Å². The van der Waals surface area contributed by atoms with E-state index in [2.05, 4.69) is 36.6 Å². The Bertz CT molecular complexity index is 361. The zero-order valence-electron chi connectivity index (χ0n) is 9.42. The van der Waals surface area contributed by atoms with E-state index >= 15 is 0 Å². The van der Waals surface area contributed by atoms with Crippen LogP contribution in [-0.2, 0) is 6.42 Å². The number of rotatable bonds is 4. The second kappa shape index (κ2) is 3.34. The van der Waals surface area contributed by atoms with Crippen molar-refractivity contribution in [2.45, 2.75) is 43.6 Å². The van der Waals surface area contributed by atoms with Gasteiger partial charge in [0.25, 0.3) is 0 Å². The van der Waals surface area contributed by atoms with Gasteiger partial charge in [-0.15, -0.1) is 0 Å². The zero-order chi connectivity index (χ0) is 10.3. The van der Waals surface area contributed by atoms with Gasteiger partial charge in [-0.25, -0.2) is 0 Å². The second-order valence-electron chi connectivity index (χ2n) is 5.23. The van der Waals surface area contributed by atoms with Crippen LogP contribution in [0.25, 0.3) is 0 Å². The minimum absolute atomic E-state index is 0.447. The molecule has 0 unspecified atom stereocenters. The van der Waals surface area contributed by atoms with Crippen LogP contribution >= 0.6 is 0 Å². The van der Waals surface area contributed by atoms with Crippen molar-refractivity contribution in [3.8, 4) is 0 Å². The largest absolute Gasteiger partial charge is 0.314 e. The molecule has 0 bridgehead atoms. The summed E-state index contributed by atoms with van der Waals surface area (Å²) in [6.45, 7) is 0. The molecule has 0 radical (unpaired) electrons. The van der Waals surface area contributed by atoms with Crippen LogP contribution in [0.2, 0.25) is 0 Å². The normalized spacial score (nSPS) is 22.7. The minimum atomic E-state index is 0.447. The maximum absolute atomic E-state index is 3.47. The maximum atomic E-state index is 3.47. The molecule has 2 aliphatic carbocycles. The Hall–Kier alpha value is -0.820. The molecule has 3 rings (SSSR count). The first-order valence-corrected chi connectivity index (χ1v) is 6.09. The van der Waals surface area contributed by atoms with Crippen LogP contribution in [0.3, 0.4) is 0 Å². The number of likely N-dealkylation sites (N-methyl/N-ethyl adjacent to an activating group) is 1. The Balaban J connectivity index is 1.76. The number of hydrogen-bond donors (Lipinski definition) is 1. The summed E-state index contributed by atoms with van der Waals surface area (Å²) in [6, 6.07) is 9.23. The molecule has 80 valence electrons. The molecule has 1 nitrogen and oxygen atoms in total. The Kier molecular flexibility index (Phi) is 2.10. The lowest BCUT2D eigenvalue weighted by atomic mass is 10.0. The van der Waals surface area contributed by atoms with E-state index in [-0.39, 0.29) is 0 Å². The van der Waals surface area contributed by atoms with Crippen LogP contribution in [0.15, 0.2) is 24.3 Å². The van der Waals surface area contributed by atoms with Crippen molar-refractivity contribution in [2.24, 2.45) is 0 Å². The van der Waals surface area contributed by atoms with E-state index in [0.29, 0.717) is 5.54 Å². The van der Waals surface area contributed by atoms with Crippen LogP contribution in [-0.4, -0.2) is 12.6 Å². The second-order valence-corrected chi connectivity index (χ2v) is 5.23. The maximum Gasteiger partial charge on any atom is 0.0220 e. The summed E-state index contributed by atoms with van der Waals surface area (Å²) < 4.78 is 0. The first kappa shape index (κ1) is 9.41. The molecule has 2 aliphatic rings. The number of hydrogen-bond acceptors (Lipinski definition) is 1. The average Bonchev–Trinajstić information content (AvgIpc) is 3.14. The van der Waals surface area contributed by atoms with Crippen LogP contribution in [0.4, 0.5) is 0 Å². The van der Waals surface area contributed by atoms with E-state index in [1.165, 1.54) is 37.7 Å². The lowest BCUT2D eigenvalue weighted by molar-refractivity contribution is 0.548. The van der Waals surface area contributed by atoms with Gasteiger partial charge >= 0.3 is 0 Å². The summed E-state index contributed by atoms with van der Waals surface area (Å²) in [5.74, 6) is 0.884. The molecular formula is C14H19N. The summed E-state index contributed by atoms with van der Waals surface area (Å²) in [7, 11) is 2.09. The molecule has 0 spiro atoms. The first-order valence-electron chi connectivity index (χ1n) is 6.09. The van der Waals surface area contributed by atoms with Crippen LogP contribution in [0.1, 0.15) is 42.7 Å². The molecule has 15 heavy (non-hydrogen) atoms. The highest BCUT2D eigenvalue weighted by atomic mass is 15.0. The zero-order valence-corrected chi connectivity index (χ0v) is 9.42. The highest BCUT2D eigenvalue weighted by molar-refractivity contribution is 5.31. The summed E-state index contributed by atoms with van der Waals surface area (Å²) in [6.07, 6.45) is 6.71. The quantitative estimate of drug-likeness (QED) is 0.790. The fourth-order valence-corrected chi connectivity index (χ4v) is 2.43. The van der Waals surface area contributed by atoms with Crippen LogP contribution < -0.4 is 5.32 Å². The lowest BCUT2D eigenvalue weighted by Crippen LogP contribution is -2.29.